The highest BCUT2D eigenvalue weighted by atomic mass is 16.5. The largest absolute Gasteiger partial charge is 0.481 e. The van der Waals surface area contributed by atoms with Gasteiger partial charge in [0.25, 0.3) is 0 Å². The van der Waals surface area contributed by atoms with Crippen LogP contribution in [0.2, 0.25) is 0 Å². The van der Waals surface area contributed by atoms with Crippen LogP contribution < -0.4 is 11.5 Å². The number of carboxylic acids is 2. The van der Waals surface area contributed by atoms with Crippen molar-refractivity contribution in [2.45, 2.75) is 71.2 Å². The van der Waals surface area contributed by atoms with E-state index in [0.29, 0.717) is 12.8 Å². The van der Waals surface area contributed by atoms with Crippen molar-refractivity contribution >= 4 is 11.9 Å². The molecule has 2 unspecified atom stereocenters. The third-order valence-electron chi connectivity index (χ3n) is 2.52. The van der Waals surface area contributed by atoms with Crippen molar-refractivity contribution in [2.24, 2.45) is 11.5 Å². The maximum Gasteiger partial charge on any atom is 0.303 e. The van der Waals surface area contributed by atoms with Crippen molar-refractivity contribution in [3.8, 4) is 0 Å². The Bertz CT molecular complexity index is 247. The summed E-state index contributed by atoms with van der Waals surface area (Å²) in [4.78, 5) is 20.2. The Morgan fingerprint density at radius 1 is 0.783 bits per heavy atom. The molecular weight excluding hydrogens is 304 g/mol. The molecule has 0 aliphatic carbocycles. The Kier molecular flexibility index (Phi) is 24.1. The molecule has 0 saturated carbocycles. The van der Waals surface area contributed by atoms with Gasteiger partial charge in [-0.3, -0.25) is 9.59 Å². The first kappa shape index (κ1) is 26.7. The molecule has 140 valence electrons. The second-order valence-electron chi connectivity index (χ2n) is 4.94. The topological polar surface area (TPSA) is 145 Å². The molecule has 8 nitrogen and oxygen atoms in total. The van der Waals surface area contributed by atoms with Crippen LogP contribution in [0.3, 0.4) is 0 Å². The molecule has 0 aromatic carbocycles. The summed E-state index contributed by atoms with van der Waals surface area (Å²) in [6.07, 6.45) is 4.30. The van der Waals surface area contributed by atoms with Crippen molar-refractivity contribution in [3.05, 3.63) is 0 Å². The fourth-order valence-corrected chi connectivity index (χ4v) is 1.08. The van der Waals surface area contributed by atoms with Crippen LogP contribution in [0.25, 0.3) is 0 Å². The average Bonchev–Trinajstić information content (AvgIpc) is 2.46. The lowest BCUT2D eigenvalue weighted by molar-refractivity contribution is -0.138. The first-order valence-electron chi connectivity index (χ1n) is 7.67. The second-order valence-corrected chi connectivity index (χ2v) is 4.94. The predicted molar refractivity (Wildman–Crippen MR) is 88.9 cm³/mol. The summed E-state index contributed by atoms with van der Waals surface area (Å²) in [5, 5.41) is 16.6. The maximum absolute atomic E-state index is 10.1. The van der Waals surface area contributed by atoms with Gasteiger partial charge >= 0.3 is 11.9 Å². The van der Waals surface area contributed by atoms with E-state index in [9.17, 15) is 9.59 Å². The monoisotopic (exact) mass is 338 g/mol. The molecule has 0 aliphatic rings. The van der Waals surface area contributed by atoms with Crippen molar-refractivity contribution in [1.29, 1.82) is 0 Å². The molecule has 0 rings (SSSR count). The summed E-state index contributed by atoms with van der Waals surface area (Å²) in [5.41, 5.74) is 10.1. The highest BCUT2D eigenvalue weighted by Gasteiger charge is 1.98. The number of unbranched alkanes of at least 4 members (excludes halogenated alkanes) is 4. The number of ether oxygens (including phenoxy) is 2. The Balaban J connectivity index is -0.000000329. The van der Waals surface area contributed by atoms with Gasteiger partial charge in [-0.1, -0.05) is 19.3 Å². The number of hydrogen-bond donors (Lipinski definition) is 4. The van der Waals surface area contributed by atoms with E-state index in [1.807, 2.05) is 0 Å². The Labute approximate surface area is 139 Å². The van der Waals surface area contributed by atoms with E-state index in [1.54, 1.807) is 28.1 Å². The van der Waals surface area contributed by atoms with Crippen LogP contribution in [0.5, 0.6) is 0 Å². The van der Waals surface area contributed by atoms with Crippen LogP contribution in [-0.4, -0.2) is 48.8 Å². The third-order valence-corrected chi connectivity index (χ3v) is 2.52. The van der Waals surface area contributed by atoms with E-state index in [0.717, 1.165) is 19.3 Å². The minimum atomic E-state index is -0.759. The summed E-state index contributed by atoms with van der Waals surface area (Å²) >= 11 is 0. The van der Waals surface area contributed by atoms with Gasteiger partial charge in [0.2, 0.25) is 0 Å². The molecule has 23 heavy (non-hydrogen) atoms. The first-order valence-corrected chi connectivity index (χ1v) is 7.67. The van der Waals surface area contributed by atoms with Crippen LogP contribution in [0.15, 0.2) is 0 Å². The lowest BCUT2D eigenvalue weighted by Crippen LogP contribution is -2.15. The van der Waals surface area contributed by atoms with E-state index in [-0.39, 0.29) is 25.3 Å². The number of carboxylic acid groups (broad SMARTS) is 2. The van der Waals surface area contributed by atoms with E-state index < -0.39 is 11.9 Å². The van der Waals surface area contributed by atoms with Gasteiger partial charge in [0.05, 0.1) is 0 Å². The first-order chi connectivity index (χ1) is 10.7. The lowest BCUT2D eigenvalue weighted by atomic mass is 10.1. The smallest absolute Gasteiger partial charge is 0.303 e. The Morgan fingerprint density at radius 3 is 1.17 bits per heavy atom. The predicted octanol–water partition coefficient (Wildman–Crippen LogP) is 1.76. The number of aliphatic carboxylic acids is 2. The number of carbonyl (C=O) groups is 2. The molecule has 0 fully saturated rings. The fraction of sp³-hybridized carbons (Fsp3) is 0.867. The molecule has 0 radical (unpaired) electrons. The van der Waals surface area contributed by atoms with Crippen molar-refractivity contribution in [3.63, 3.8) is 0 Å². The van der Waals surface area contributed by atoms with Gasteiger partial charge in [0.1, 0.15) is 12.5 Å². The number of nitrogens with two attached hydrogens (primary N) is 2. The average molecular weight is 338 g/mol. The van der Waals surface area contributed by atoms with Gasteiger partial charge in [0, 0.05) is 27.1 Å². The normalized spacial score (nSPS) is 12.1. The van der Waals surface area contributed by atoms with E-state index in [4.69, 9.17) is 21.7 Å². The number of hydrogen-bond acceptors (Lipinski definition) is 6. The van der Waals surface area contributed by atoms with Crippen molar-refractivity contribution < 1.29 is 29.3 Å². The standard InChI is InChI=1S/C9H16O4.2C3H9NO/c10-8(11)6-4-2-1-3-5-7-9(12)13;2*1-3(4)5-2/h1-7H2,(H,10,11)(H,12,13);2*3H,4H2,1-2H3. The summed E-state index contributed by atoms with van der Waals surface area (Å²) in [6.45, 7) is 3.56. The number of rotatable bonds is 10. The fourth-order valence-electron chi connectivity index (χ4n) is 1.08. The highest BCUT2D eigenvalue weighted by molar-refractivity contribution is 5.66. The van der Waals surface area contributed by atoms with E-state index in [2.05, 4.69) is 9.47 Å². The van der Waals surface area contributed by atoms with Gasteiger partial charge in [-0.2, -0.15) is 0 Å². The molecule has 0 aromatic heterocycles. The zero-order valence-electron chi connectivity index (χ0n) is 14.8. The van der Waals surface area contributed by atoms with E-state index >= 15 is 0 Å². The molecule has 0 heterocycles. The maximum atomic E-state index is 10.1. The van der Waals surface area contributed by atoms with E-state index in [1.165, 1.54) is 0 Å². The highest BCUT2D eigenvalue weighted by Crippen LogP contribution is 2.06. The van der Waals surface area contributed by atoms with Crippen molar-refractivity contribution in [2.75, 3.05) is 14.2 Å². The summed E-state index contributed by atoms with van der Waals surface area (Å²) in [6, 6.07) is 0. The van der Waals surface area contributed by atoms with Crippen LogP contribution >= 0.6 is 0 Å². The minimum absolute atomic E-state index is 0.116. The Hall–Kier alpha value is -1.22. The SMILES string of the molecule is COC(C)N.COC(C)N.O=C(O)CCCCCCCC(=O)O. The molecule has 0 aliphatic heterocycles. The molecule has 2 atom stereocenters. The summed E-state index contributed by atoms with van der Waals surface area (Å²) in [5.74, 6) is -1.52. The van der Waals surface area contributed by atoms with Crippen LogP contribution in [0, 0.1) is 0 Å². The number of methoxy groups -OCH3 is 2. The molecule has 0 saturated heterocycles. The quantitative estimate of drug-likeness (QED) is 0.348. The molecule has 6 N–H and O–H groups in total. The molecule has 0 amide bonds. The lowest BCUT2D eigenvalue weighted by Gasteiger charge is -1.97. The molecule has 0 aromatic rings. The van der Waals surface area contributed by atoms with Gasteiger partial charge in [-0.25, -0.2) is 0 Å². The Morgan fingerprint density at radius 2 is 1.00 bits per heavy atom. The van der Waals surface area contributed by atoms with Crippen LogP contribution in [0.1, 0.15) is 58.8 Å². The van der Waals surface area contributed by atoms with Crippen molar-refractivity contribution in [1.82, 2.24) is 0 Å². The zero-order valence-corrected chi connectivity index (χ0v) is 14.8. The van der Waals surface area contributed by atoms with Gasteiger partial charge < -0.3 is 31.2 Å². The van der Waals surface area contributed by atoms with Gasteiger partial charge in [-0.15, -0.1) is 0 Å². The van der Waals surface area contributed by atoms with Crippen LogP contribution in [-0.2, 0) is 19.1 Å². The third kappa shape index (κ3) is 44.9. The minimum Gasteiger partial charge on any atom is -0.481 e. The van der Waals surface area contributed by atoms with Gasteiger partial charge in [0.15, 0.2) is 0 Å². The zero-order chi connectivity index (χ0) is 18.7. The molecule has 8 heteroatoms. The summed E-state index contributed by atoms with van der Waals surface area (Å²) in [7, 11) is 3.15. The molecule has 0 spiro atoms. The second kappa shape index (κ2) is 20.8. The summed E-state index contributed by atoms with van der Waals surface area (Å²) < 4.78 is 9.06. The van der Waals surface area contributed by atoms with Gasteiger partial charge in [-0.05, 0) is 26.7 Å². The molecule has 0 bridgehead atoms. The molecular formula is C15H34N2O6. The van der Waals surface area contributed by atoms with Crippen LogP contribution in [0.4, 0.5) is 0 Å².